The third-order valence-electron chi connectivity index (χ3n) is 7.91. The van der Waals surface area contributed by atoms with Gasteiger partial charge < -0.3 is 35.4 Å². The lowest BCUT2D eigenvalue weighted by Crippen LogP contribution is -2.25. The number of aliphatic carboxylic acids is 1. The maximum Gasteiger partial charge on any atom is 0.305 e. The Morgan fingerprint density at radius 1 is 0.533 bits per heavy atom. The van der Waals surface area contributed by atoms with Crippen LogP contribution in [-0.2, 0) is 25.2 Å². The number of carboxylic acid groups (broad SMARTS) is 1. The van der Waals surface area contributed by atoms with E-state index >= 15 is 0 Å². The van der Waals surface area contributed by atoms with E-state index < -0.39 is 16.8 Å². The van der Waals surface area contributed by atoms with Crippen molar-refractivity contribution in [2.75, 3.05) is 14.2 Å². The SMILES string of the molecule is CC(CCC(=O)O)(c1ccc(O)cc1)c1ccc(O)cc1.CO.COC(=O)CCC(C)(c1ccc(O)cc1)c1ccc(O)cc1. The van der Waals surface area contributed by atoms with Gasteiger partial charge in [0.15, 0.2) is 0 Å². The van der Waals surface area contributed by atoms with E-state index in [1.807, 2.05) is 38.1 Å². The lowest BCUT2D eigenvalue weighted by Gasteiger charge is -2.31. The van der Waals surface area contributed by atoms with Crippen molar-refractivity contribution in [1.29, 1.82) is 0 Å². The second-order valence-corrected chi connectivity index (χ2v) is 10.8. The van der Waals surface area contributed by atoms with Crippen molar-refractivity contribution in [3.8, 4) is 23.0 Å². The highest BCUT2D eigenvalue weighted by Crippen LogP contribution is 2.39. The Hall–Kier alpha value is -5.02. The van der Waals surface area contributed by atoms with Gasteiger partial charge in [-0.3, -0.25) is 9.59 Å². The minimum atomic E-state index is -0.848. The largest absolute Gasteiger partial charge is 0.508 e. The predicted octanol–water partition coefficient (Wildman–Crippen LogP) is 6.23. The van der Waals surface area contributed by atoms with E-state index in [-0.39, 0.29) is 41.8 Å². The van der Waals surface area contributed by atoms with Crippen LogP contribution in [0.5, 0.6) is 23.0 Å². The molecular formula is C36H42O9. The molecule has 0 fully saturated rings. The molecule has 9 heteroatoms. The molecule has 0 aliphatic heterocycles. The van der Waals surface area contributed by atoms with Crippen LogP contribution < -0.4 is 0 Å². The summed E-state index contributed by atoms with van der Waals surface area (Å²) in [5.74, 6) is -0.368. The zero-order valence-corrected chi connectivity index (χ0v) is 26.0. The van der Waals surface area contributed by atoms with E-state index in [9.17, 15) is 30.0 Å². The fourth-order valence-corrected chi connectivity index (χ4v) is 5.04. The van der Waals surface area contributed by atoms with E-state index in [2.05, 4.69) is 0 Å². The van der Waals surface area contributed by atoms with Crippen LogP contribution in [0.2, 0.25) is 0 Å². The Balaban J connectivity index is 0.000000297. The van der Waals surface area contributed by atoms with Gasteiger partial charge in [0.05, 0.1) is 7.11 Å². The molecule has 240 valence electrons. The molecule has 9 nitrogen and oxygen atoms in total. The first-order valence-corrected chi connectivity index (χ1v) is 14.3. The van der Waals surface area contributed by atoms with Gasteiger partial charge in [-0.25, -0.2) is 0 Å². The fraction of sp³-hybridized carbons (Fsp3) is 0.278. The molecule has 0 atom stereocenters. The maximum atomic E-state index is 11.5. The number of carbonyl (C=O) groups excluding carboxylic acids is 1. The topological polar surface area (TPSA) is 165 Å². The van der Waals surface area contributed by atoms with Crippen molar-refractivity contribution < 1.29 is 45.0 Å². The molecule has 6 N–H and O–H groups in total. The van der Waals surface area contributed by atoms with Crippen LogP contribution in [0.25, 0.3) is 0 Å². The number of aliphatic hydroxyl groups excluding tert-OH is 1. The Morgan fingerprint density at radius 3 is 1.00 bits per heavy atom. The van der Waals surface area contributed by atoms with Gasteiger partial charge in [-0.1, -0.05) is 62.4 Å². The summed E-state index contributed by atoms with van der Waals surface area (Å²) >= 11 is 0. The molecule has 0 saturated heterocycles. The summed E-state index contributed by atoms with van der Waals surface area (Å²) in [5, 5.41) is 53.8. The Bertz CT molecular complexity index is 1390. The van der Waals surface area contributed by atoms with Crippen LogP contribution in [0.3, 0.4) is 0 Å². The number of carboxylic acids is 1. The highest BCUT2D eigenvalue weighted by atomic mass is 16.5. The Kier molecular flexibility index (Phi) is 13.4. The summed E-state index contributed by atoms with van der Waals surface area (Å²) < 4.78 is 4.74. The van der Waals surface area contributed by atoms with Crippen LogP contribution in [-0.4, -0.2) is 56.8 Å². The zero-order valence-electron chi connectivity index (χ0n) is 26.0. The number of aromatic hydroxyl groups is 4. The number of carbonyl (C=O) groups is 2. The highest BCUT2D eigenvalue weighted by Gasteiger charge is 2.31. The average molecular weight is 619 g/mol. The predicted molar refractivity (Wildman–Crippen MR) is 172 cm³/mol. The Labute approximate surface area is 263 Å². The van der Waals surface area contributed by atoms with Gasteiger partial charge in [-0.05, 0) is 83.6 Å². The van der Waals surface area contributed by atoms with Crippen LogP contribution in [0, 0.1) is 0 Å². The molecule has 0 radical (unpaired) electrons. The van der Waals surface area contributed by atoms with Crippen molar-refractivity contribution in [3.05, 3.63) is 119 Å². The number of hydrogen-bond donors (Lipinski definition) is 6. The Morgan fingerprint density at radius 2 is 0.778 bits per heavy atom. The van der Waals surface area contributed by atoms with E-state index in [1.54, 1.807) is 72.8 Å². The van der Waals surface area contributed by atoms with Crippen LogP contribution in [0.15, 0.2) is 97.1 Å². The molecule has 0 heterocycles. The number of esters is 1. The molecule has 0 unspecified atom stereocenters. The van der Waals surface area contributed by atoms with Gasteiger partial charge in [-0.15, -0.1) is 0 Å². The lowest BCUT2D eigenvalue weighted by atomic mass is 9.73. The first-order valence-electron chi connectivity index (χ1n) is 14.3. The molecule has 0 amide bonds. The number of methoxy groups -OCH3 is 1. The number of benzene rings is 4. The monoisotopic (exact) mass is 618 g/mol. The summed E-state index contributed by atoms with van der Waals surface area (Å²) in [4.78, 5) is 22.5. The van der Waals surface area contributed by atoms with Crippen molar-refractivity contribution in [3.63, 3.8) is 0 Å². The lowest BCUT2D eigenvalue weighted by molar-refractivity contribution is -0.141. The van der Waals surface area contributed by atoms with Gasteiger partial charge in [0.25, 0.3) is 0 Å². The van der Waals surface area contributed by atoms with E-state index in [0.717, 1.165) is 29.4 Å². The van der Waals surface area contributed by atoms with E-state index in [4.69, 9.17) is 14.9 Å². The number of hydrogen-bond acceptors (Lipinski definition) is 8. The molecule has 0 spiro atoms. The summed E-state index contributed by atoms with van der Waals surface area (Å²) in [6, 6.07) is 27.5. The summed E-state index contributed by atoms with van der Waals surface area (Å²) in [6.45, 7) is 4.00. The number of rotatable bonds is 10. The van der Waals surface area contributed by atoms with Crippen LogP contribution in [0.4, 0.5) is 0 Å². The van der Waals surface area contributed by atoms with Crippen molar-refractivity contribution >= 4 is 11.9 Å². The normalized spacial score (nSPS) is 10.9. The van der Waals surface area contributed by atoms with Crippen LogP contribution >= 0.6 is 0 Å². The minimum Gasteiger partial charge on any atom is -0.508 e. The first-order chi connectivity index (χ1) is 21.4. The molecule has 0 bridgehead atoms. The summed E-state index contributed by atoms with van der Waals surface area (Å²) in [7, 11) is 2.38. The highest BCUT2D eigenvalue weighted by molar-refractivity contribution is 5.69. The first kappa shape index (κ1) is 36.2. The number of phenolic OH excluding ortho intramolecular Hbond substituents is 4. The summed E-state index contributed by atoms with van der Waals surface area (Å²) in [5.41, 5.74) is 2.90. The minimum absolute atomic E-state index is 0.0399. The second-order valence-electron chi connectivity index (χ2n) is 10.8. The molecule has 0 aliphatic carbocycles. The van der Waals surface area contributed by atoms with E-state index in [0.29, 0.717) is 12.8 Å². The zero-order chi connectivity index (χ0) is 33.6. The van der Waals surface area contributed by atoms with E-state index in [1.165, 1.54) is 7.11 Å². The molecule has 0 aliphatic rings. The third kappa shape index (κ3) is 10.0. The van der Waals surface area contributed by atoms with Crippen molar-refractivity contribution in [2.45, 2.75) is 50.4 Å². The third-order valence-corrected chi connectivity index (χ3v) is 7.91. The molecule has 0 aromatic heterocycles. The smallest absolute Gasteiger partial charge is 0.305 e. The van der Waals surface area contributed by atoms with Gasteiger partial charge in [0, 0.05) is 30.8 Å². The van der Waals surface area contributed by atoms with Crippen LogP contribution in [0.1, 0.15) is 61.8 Å². The van der Waals surface area contributed by atoms with Gasteiger partial charge in [0.2, 0.25) is 0 Å². The quantitative estimate of drug-likeness (QED) is 0.113. The number of aliphatic hydroxyl groups is 1. The fourth-order valence-electron chi connectivity index (χ4n) is 5.04. The molecule has 4 aromatic carbocycles. The molecule has 45 heavy (non-hydrogen) atoms. The number of ether oxygens (including phenoxy) is 1. The molecule has 4 rings (SSSR count). The van der Waals surface area contributed by atoms with Gasteiger partial charge in [0.1, 0.15) is 23.0 Å². The van der Waals surface area contributed by atoms with Crippen molar-refractivity contribution in [1.82, 2.24) is 0 Å². The standard InChI is InChI=1S/C18H20O4.C17H18O4.CH4O/c1-18(12-11-17(21)22-2,13-3-7-15(19)8-4-13)14-5-9-16(20)10-6-14;1-17(11-10-16(20)21,12-2-6-14(18)7-3-12)13-4-8-15(19)9-5-13;1-2/h3-10,19-20H,11-12H2,1-2H3;2-9,18-19H,10-11H2,1H3,(H,20,21);2H,1H3. The maximum absolute atomic E-state index is 11.5. The summed E-state index contributed by atoms with van der Waals surface area (Å²) in [6.07, 6.45) is 1.32. The molecule has 4 aromatic rings. The average Bonchev–Trinajstić information content (AvgIpc) is 3.05. The van der Waals surface area contributed by atoms with Gasteiger partial charge in [-0.2, -0.15) is 0 Å². The number of phenols is 4. The molecular weight excluding hydrogens is 576 g/mol. The van der Waals surface area contributed by atoms with Gasteiger partial charge >= 0.3 is 11.9 Å². The van der Waals surface area contributed by atoms with Crippen molar-refractivity contribution in [2.24, 2.45) is 0 Å². The molecule has 0 saturated carbocycles. The second kappa shape index (κ2) is 16.7.